The van der Waals surface area contributed by atoms with Crippen LogP contribution in [-0.2, 0) is 0 Å². The second-order valence-corrected chi connectivity index (χ2v) is 6.09. The number of methoxy groups -OCH3 is 1. The first-order valence-corrected chi connectivity index (χ1v) is 7.93. The van der Waals surface area contributed by atoms with Gasteiger partial charge in [0.05, 0.1) is 7.11 Å². The molecular weight excluding hydrogens is 315 g/mol. The van der Waals surface area contributed by atoms with Crippen molar-refractivity contribution < 1.29 is 4.74 Å². The molecule has 0 aliphatic heterocycles. The zero-order chi connectivity index (χ0) is 15.5. The van der Waals surface area contributed by atoms with Crippen molar-refractivity contribution in [3.63, 3.8) is 0 Å². The maximum Gasteiger partial charge on any atom is 0.119 e. The van der Waals surface area contributed by atoms with Crippen molar-refractivity contribution in [1.29, 1.82) is 0 Å². The van der Waals surface area contributed by atoms with E-state index in [1.807, 2.05) is 36.4 Å². The Hall–Kier alpha value is -1.70. The summed E-state index contributed by atoms with van der Waals surface area (Å²) in [5, 5.41) is 1.54. The maximum atomic E-state index is 6.18. The SMILES string of the molecule is COc1ccc(C2=CC(Cl)=CCC2)c(-c2ccc(Cl)cc2)c1. The normalized spacial score (nSPS) is 14.3. The fourth-order valence-corrected chi connectivity index (χ4v) is 3.04. The molecule has 2 aromatic carbocycles. The summed E-state index contributed by atoms with van der Waals surface area (Å²) in [6.07, 6.45) is 6.06. The number of allylic oxidation sites excluding steroid dienone is 4. The van der Waals surface area contributed by atoms with Crippen LogP contribution in [0.25, 0.3) is 16.7 Å². The summed E-state index contributed by atoms with van der Waals surface area (Å²) in [5.74, 6) is 0.840. The van der Waals surface area contributed by atoms with E-state index in [0.29, 0.717) is 0 Å². The smallest absolute Gasteiger partial charge is 0.119 e. The largest absolute Gasteiger partial charge is 0.497 e. The molecule has 0 spiro atoms. The van der Waals surface area contributed by atoms with Crippen molar-refractivity contribution in [3.05, 3.63) is 70.2 Å². The molecule has 112 valence electrons. The van der Waals surface area contributed by atoms with Gasteiger partial charge in [0.15, 0.2) is 0 Å². The molecule has 0 bridgehead atoms. The highest BCUT2D eigenvalue weighted by Crippen LogP contribution is 2.37. The van der Waals surface area contributed by atoms with Gasteiger partial charge in [0.2, 0.25) is 0 Å². The van der Waals surface area contributed by atoms with E-state index in [0.717, 1.165) is 39.8 Å². The van der Waals surface area contributed by atoms with Gasteiger partial charge < -0.3 is 4.74 Å². The Bertz CT molecular complexity index is 743. The highest BCUT2D eigenvalue weighted by molar-refractivity contribution is 6.32. The van der Waals surface area contributed by atoms with Crippen LogP contribution in [0.2, 0.25) is 5.02 Å². The van der Waals surface area contributed by atoms with Gasteiger partial charge in [-0.2, -0.15) is 0 Å². The summed E-state index contributed by atoms with van der Waals surface area (Å²) in [6, 6.07) is 14.0. The van der Waals surface area contributed by atoms with E-state index in [-0.39, 0.29) is 0 Å². The first kappa shape index (κ1) is 15.2. The topological polar surface area (TPSA) is 9.23 Å². The van der Waals surface area contributed by atoms with E-state index >= 15 is 0 Å². The zero-order valence-electron chi connectivity index (χ0n) is 12.3. The second kappa shape index (κ2) is 6.60. The fourth-order valence-electron chi connectivity index (χ4n) is 2.67. The number of halogens is 2. The average molecular weight is 331 g/mol. The summed E-state index contributed by atoms with van der Waals surface area (Å²) < 4.78 is 5.38. The standard InChI is InChI=1S/C19H16Cl2O/c1-22-17-9-10-18(14-3-2-4-16(21)11-14)19(12-17)13-5-7-15(20)8-6-13/h4-12H,2-3H2,1H3. The Labute approximate surface area is 140 Å². The summed E-state index contributed by atoms with van der Waals surface area (Å²) in [6.45, 7) is 0. The van der Waals surface area contributed by atoms with Crippen LogP contribution < -0.4 is 4.74 Å². The molecule has 1 nitrogen and oxygen atoms in total. The minimum atomic E-state index is 0.732. The number of rotatable bonds is 3. The quantitative estimate of drug-likeness (QED) is 0.640. The molecular formula is C19H16Cl2O. The Morgan fingerprint density at radius 1 is 0.955 bits per heavy atom. The predicted molar refractivity (Wildman–Crippen MR) is 94.6 cm³/mol. The van der Waals surface area contributed by atoms with Crippen LogP contribution in [0, 0.1) is 0 Å². The second-order valence-electron chi connectivity index (χ2n) is 5.22. The molecule has 0 heterocycles. The van der Waals surface area contributed by atoms with E-state index in [1.165, 1.54) is 11.1 Å². The Kier molecular flexibility index (Phi) is 4.56. The van der Waals surface area contributed by atoms with E-state index in [4.69, 9.17) is 27.9 Å². The fraction of sp³-hybridized carbons (Fsp3) is 0.158. The van der Waals surface area contributed by atoms with Crippen LogP contribution in [0.15, 0.2) is 59.6 Å². The molecule has 0 atom stereocenters. The van der Waals surface area contributed by atoms with Crippen molar-refractivity contribution in [1.82, 2.24) is 0 Å². The molecule has 0 aromatic heterocycles. The lowest BCUT2D eigenvalue weighted by atomic mass is 9.90. The molecule has 0 fully saturated rings. The van der Waals surface area contributed by atoms with Crippen LogP contribution in [0.4, 0.5) is 0 Å². The van der Waals surface area contributed by atoms with Gasteiger partial charge in [-0.05, 0) is 65.4 Å². The molecule has 3 heteroatoms. The zero-order valence-corrected chi connectivity index (χ0v) is 13.8. The van der Waals surface area contributed by atoms with Gasteiger partial charge in [-0.25, -0.2) is 0 Å². The highest BCUT2D eigenvalue weighted by atomic mass is 35.5. The van der Waals surface area contributed by atoms with E-state index in [1.54, 1.807) is 7.11 Å². The summed E-state index contributed by atoms with van der Waals surface area (Å²) in [5.41, 5.74) is 4.69. The van der Waals surface area contributed by atoms with Crippen molar-refractivity contribution in [2.24, 2.45) is 0 Å². The summed E-state index contributed by atoms with van der Waals surface area (Å²) in [7, 11) is 1.68. The van der Waals surface area contributed by atoms with Crippen LogP contribution in [0.1, 0.15) is 18.4 Å². The molecule has 0 N–H and O–H groups in total. The molecule has 0 saturated heterocycles. The third kappa shape index (κ3) is 3.21. The highest BCUT2D eigenvalue weighted by Gasteiger charge is 2.13. The summed E-state index contributed by atoms with van der Waals surface area (Å²) >= 11 is 12.2. The van der Waals surface area contributed by atoms with Gasteiger partial charge in [0.1, 0.15) is 5.75 Å². The molecule has 0 saturated carbocycles. The molecule has 0 amide bonds. The lowest BCUT2D eigenvalue weighted by Gasteiger charge is -2.17. The van der Waals surface area contributed by atoms with Gasteiger partial charge in [-0.1, -0.05) is 47.5 Å². The monoisotopic (exact) mass is 330 g/mol. The third-order valence-electron chi connectivity index (χ3n) is 3.79. The number of hydrogen-bond donors (Lipinski definition) is 0. The van der Waals surface area contributed by atoms with E-state index in [9.17, 15) is 0 Å². The number of benzene rings is 2. The van der Waals surface area contributed by atoms with Crippen LogP contribution in [0.3, 0.4) is 0 Å². The van der Waals surface area contributed by atoms with Gasteiger partial charge in [0.25, 0.3) is 0 Å². The molecule has 22 heavy (non-hydrogen) atoms. The molecule has 3 rings (SSSR count). The summed E-state index contributed by atoms with van der Waals surface area (Å²) in [4.78, 5) is 0. The Morgan fingerprint density at radius 3 is 2.41 bits per heavy atom. The van der Waals surface area contributed by atoms with Gasteiger partial charge in [-0.3, -0.25) is 0 Å². The Morgan fingerprint density at radius 2 is 1.73 bits per heavy atom. The first-order valence-electron chi connectivity index (χ1n) is 7.18. The van der Waals surface area contributed by atoms with E-state index in [2.05, 4.69) is 18.2 Å². The predicted octanol–water partition coefficient (Wildman–Crippen LogP) is 6.32. The first-order chi connectivity index (χ1) is 10.7. The number of ether oxygens (including phenoxy) is 1. The van der Waals surface area contributed by atoms with Gasteiger partial charge in [-0.15, -0.1) is 0 Å². The maximum absolute atomic E-state index is 6.18. The molecule has 2 aromatic rings. The van der Waals surface area contributed by atoms with Crippen LogP contribution >= 0.6 is 23.2 Å². The molecule has 0 radical (unpaired) electrons. The van der Waals surface area contributed by atoms with Crippen molar-refractivity contribution in [2.75, 3.05) is 7.11 Å². The van der Waals surface area contributed by atoms with Crippen LogP contribution in [0.5, 0.6) is 5.75 Å². The minimum absolute atomic E-state index is 0.732. The van der Waals surface area contributed by atoms with Gasteiger partial charge in [0, 0.05) is 10.1 Å². The Balaban J connectivity index is 2.14. The third-order valence-corrected chi connectivity index (χ3v) is 4.31. The van der Waals surface area contributed by atoms with Crippen LogP contribution in [-0.4, -0.2) is 7.11 Å². The molecule has 1 aliphatic rings. The molecule has 0 unspecified atom stereocenters. The van der Waals surface area contributed by atoms with Crippen molar-refractivity contribution >= 4 is 28.8 Å². The molecule has 1 aliphatic carbocycles. The van der Waals surface area contributed by atoms with E-state index < -0.39 is 0 Å². The minimum Gasteiger partial charge on any atom is -0.497 e. The number of hydrogen-bond acceptors (Lipinski definition) is 1. The van der Waals surface area contributed by atoms with Crippen molar-refractivity contribution in [2.45, 2.75) is 12.8 Å². The average Bonchev–Trinajstić information content (AvgIpc) is 2.55. The lowest BCUT2D eigenvalue weighted by molar-refractivity contribution is 0.415. The lowest BCUT2D eigenvalue weighted by Crippen LogP contribution is -1.95. The van der Waals surface area contributed by atoms with Gasteiger partial charge >= 0.3 is 0 Å². The van der Waals surface area contributed by atoms with Crippen molar-refractivity contribution in [3.8, 4) is 16.9 Å².